The monoisotopic (exact) mass is 327 g/mol. The van der Waals surface area contributed by atoms with Gasteiger partial charge in [0.1, 0.15) is 30.1 Å². The lowest BCUT2D eigenvalue weighted by atomic mass is 10.1. The van der Waals surface area contributed by atoms with E-state index in [0.29, 0.717) is 17.9 Å². The summed E-state index contributed by atoms with van der Waals surface area (Å²) in [7, 11) is 0. The molecule has 7 nitrogen and oxygen atoms in total. The summed E-state index contributed by atoms with van der Waals surface area (Å²) in [5, 5.41) is 26.6. The summed E-state index contributed by atoms with van der Waals surface area (Å²) in [5.74, 6) is 2.49. The second kappa shape index (κ2) is 7.43. The molecule has 3 rings (SSSR count). The van der Waals surface area contributed by atoms with Crippen molar-refractivity contribution >= 4 is 0 Å². The molecule has 0 amide bonds. The number of nitriles is 1. The van der Waals surface area contributed by atoms with Crippen LogP contribution in [0.15, 0.2) is 24.3 Å². The minimum absolute atomic E-state index is 0.208. The van der Waals surface area contributed by atoms with Crippen molar-refractivity contribution in [3.8, 4) is 11.8 Å². The van der Waals surface area contributed by atoms with Crippen molar-refractivity contribution in [1.29, 1.82) is 5.26 Å². The summed E-state index contributed by atoms with van der Waals surface area (Å²) in [5.41, 5.74) is 0.588. The summed E-state index contributed by atoms with van der Waals surface area (Å²) in [6, 6.07) is 9.19. The van der Waals surface area contributed by atoms with Crippen LogP contribution in [0.2, 0.25) is 0 Å². The van der Waals surface area contributed by atoms with Gasteiger partial charge in [0.25, 0.3) is 0 Å². The number of hydrogen-bond acceptors (Lipinski definition) is 6. The van der Waals surface area contributed by atoms with E-state index >= 15 is 0 Å². The Balaban J connectivity index is 1.41. The van der Waals surface area contributed by atoms with E-state index in [4.69, 9.17) is 10.00 Å². The highest BCUT2D eigenvalue weighted by atomic mass is 16.5. The number of aliphatic hydroxyl groups is 1. The molecular weight excluding hydrogens is 306 g/mol. The van der Waals surface area contributed by atoms with Crippen LogP contribution in [0.5, 0.6) is 5.75 Å². The van der Waals surface area contributed by atoms with Crippen LogP contribution in [0.4, 0.5) is 0 Å². The van der Waals surface area contributed by atoms with Gasteiger partial charge in [-0.1, -0.05) is 0 Å². The zero-order valence-corrected chi connectivity index (χ0v) is 13.6. The van der Waals surface area contributed by atoms with Crippen molar-refractivity contribution in [1.82, 2.24) is 20.1 Å². The molecule has 1 aromatic carbocycles. The standard InChI is InChI=1S/C17H21N5O2/c1-12-20-17-7-4-14(10-22(17)21-12)19-9-15(23)11-24-16-5-2-13(8-18)3-6-16/h2-3,5-6,14-15,19,23H,4,7,9-11H2,1H3/t14-,15+/m0/s1. The van der Waals surface area contributed by atoms with E-state index in [-0.39, 0.29) is 12.6 Å². The van der Waals surface area contributed by atoms with E-state index in [2.05, 4.69) is 21.5 Å². The molecule has 0 bridgehead atoms. The van der Waals surface area contributed by atoms with Crippen LogP contribution in [0, 0.1) is 18.3 Å². The van der Waals surface area contributed by atoms with Gasteiger partial charge in [0.05, 0.1) is 18.2 Å². The van der Waals surface area contributed by atoms with Crippen LogP contribution in [-0.2, 0) is 13.0 Å². The molecule has 1 aliphatic rings. The lowest BCUT2D eigenvalue weighted by Gasteiger charge is -2.24. The third kappa shape index (κ3) is 4.10. The third-order valence-electron chi connectivity index (χ3n) is 4.03. The fourth-order valence-electron chi connectivity index (χ4n) is 2.78. The number of aryl methyl sites for hydroxylation is 2. The summed E-state index contributed by atoms with van der Waals surface area (Å²) in [6.07, 6.45) is 1.29. The molecule has 0 unspecified atom stereocenters. The van der Waals surface area contributed by atoms with Gasteiger partial charge in [0, 0.05) is 19.0 Å². The normalized spacial score (nSPS) is 17.8. The van der Waals surface area contributed by atoms with E-state index < -0.39 is 6.10 Å². The van der Waals surface area contributed by atoms with Crippen LogP contribution in [-0.4, -0.2) is 45.2 Å². The van der Waals surface area contributed by atoms with Gasteiger partial charge >= 0.3 is 0 Å². The van der Waals surface area contributed by atoms with Crippen molar-refractivity contribution in [2.24, 2.45) is 0 Å². The molecule has 0 aliphatic carbocycles. The second-order valence-electron chi connectivity index (χ2n) is 6.00. The average molecular weight is 327 g/mol. The predicted molar refractivity (Wildman–Crippen MR) is 87.5 cm³/mol. The molecule has 7 heteroatoms. The third-order valence-corrected chi connectivity index (χ3v) is 4.03. The Morgan fingerprint density at radius 2 is 2.25 bits per heavy atom. The Kier molecular flexibility index (Phi) is 5.08. The first-order chi connectivity index (χ1) is 11.6. The second-order valence-corrected chi connectivity index (χ2v) is 6.00. The summed E-state index contributed by atoms with van der Waals surface area (Å²) in [6.45, 7) is 3.35. The molecule has 1 aromatic heterocycles. The number of aromatic nitrogens is 3. The van der Waals surface area contributed by atoms with Crippen molar-refractivity contribution in [2.75, 3.05) is 13.2 Å². The van der Waals surface area contributed by atoms with Gasteiger partial charge in [-0.05, 0) is 37.6 Å². The van der Waals surface area contributed by atoms with Gasteiger partial charge in [-0.2, -0.15) is 10.4 Å². The molecule has 2 heterocycles. The molecule has 1 aliphatic heterocycles. The number of fused-ring (bicyclic) bond motifs is 1. The first-order valence-corrected chi connectivity index (χ1v) is 8.09. The Bertz CT molecular complexity index is 720. The number of aliphatic hydroxyl groups excluding tert-OH is 1. The number of rotatable bonds is 6. The molecule has 0 spiro atoms. The van der Waals surface area contributed by atoms with Crippen molar-refractivity contribution < 1.29 is 9.84 Å². The van der Waals surface area contributed by atoms with E-state index in [1.807, 2.05) is 11.6 Å². The van der Waals surface area contributed by atoms with E-state index in [0.717, 1.165) is 31.0 Å². The first kappa shape index (κ1) is 16.4. The highest BCUT2D eigenvalue weighted by Gasteiger charge is 2.21. The molecule has 0 radical (unpaired) electrons. The average Bonchev–Trinajstić information content (AvgIpc) is 2.97. The predicted octanol–water partition coefficient (Wildman–Crippen LogP) is 0.802. The Morgan fingerprint density at radius 3 is 3.00 bits per heavy atom. The highest BCUT2D eigenvalue weighted by Crippen LogP contribution is 2.13. The molecule has 24 heavy (non-hydrogen) atoms. The molecule has 0 fully saturated rings. The molecule has 2 aromatic rings. The number of benzene rings is 1. The summed E-state index contributed by atoms with van der Waals surface area (Å²) in [4.78, 5) is 4.39. The maximum absolute atomic E-state index is 10.1. The van der Waals surface area contributed by atoms with Crippen LogP contribution in [0.25, 0.3) is 0 Å². The fraction of sp³-hybridized carbons (Fsp3) is 0.471. The fourth-order valence-corrected chi connectivity index (χ4v) is 2.78. The lowest BCUT2D eigenvalue weighted by molar-refractivity contribution is 0.101. The molecule has 0 saturated carbocycles. The SMILES string of the molecule is Cc1nc2n(n1)C[C@@H](NC[C@@H](O)COc1ccc(C#N)cc1)CC2. The number of hydrogen-bond donors (Lipinski definition) is 2. The quantitative estimate of drug-likeness (QED) is 0.815. The van der Waals surface area contributed by atoms with Crippen molar-refractivity contribution in [3.63, 3.8) is 0 Å². The van der Waals surface area contributed by atoms with Gasteiger partial charge in [0.15, 0.2) is 0 Å². The van der Waals surface area contributed by atoms with Gasteiger partial charge < -0.3 is 15.2 Å². The van der Waals surface area contributed by atoms with Gasteiger partial charge in [-0.15, -0.1) is 0 Å². The van der Waals surface area contributed by atoms with E-state index in [1.165, 1.54) is 0 Å². The molecule has 2 N–H and O–H groups in total. The van der Waals surface area contributed by atoms with E-state index in [1.54, 1.807) is 24.3 Å². The van der Waals surface area contributed by atoms with Crippen LogP contribution in [0.1, 0.15) is 23.6 Å². The minimum atomic E-state index is -0.598. The molecular formula is C17H21N5O2. The van der Waals surface area contributed by atoms with Crippen molar-refractivity contribution in [2.45, 2.75) is 38.5 Å². The van der Waals surface area contributed by atoms with Crippen LogP contribution >= 0.6 is 0 Å². The van der Waals surface area contributed by atoms with Crippen molar-refractivity contribution in [3.05, 3.63) is 41.5 Å². The Morgan fingerprint density at radius 1 is 1.46 bits per heavy atom. The van der Waals surface area contributed by atoms with Gasteiger partial charge in [-0.25, -0.2) is 9.67 Å². The highest BCUT2D eigenvalue weighted by molar-refractivity contribution is 5.34. The number of ether oxygens (including phenoxy) is 1. The summed E-state index contributed by atoms with van der Waals surface area (Å²) >= 11 is 0. The van der Waals surface area contributed by atoms with Crippen LogP contribution < -0.4 is 10.1 Å². The van der Waals surface area contributed by atoms with E-state index in [9.17, 15) is 5.11 Å². The van der Waals surface area contributed by atoms with Gasteiger partial charge in [0.2, 0.25) is 0 Å². The zero-order chi connectivity index (χ0) is 16.9. The minimum Gasteiger partial charge on any atom is -0.491 e. The molecule has 126 valence electrons. The molecule has 2 atom stereocenters. The van der Waals surface area contributed by atoms with Crippen LogP contribution in [0.3, 0.4) is 0 Å². The first-order valence-electron chi connectivity index (χ1n) is 8.09. The zero-order valence-electron chi connectivity index (χ0n) is 13.6. The number of nitrogens with zero attached hydrogens (tertiary/aromatic N) is 4. The number of nitrogens with one attached hydrogen (secondary N) is 1. The summed E-state index contributed by atoms with van der Waals surface area (Å²) < 4.78 is 7.48. The maximum atomic E-state index is 10.1. The largest absolute Gasteiger partial charge is 0.491 e. The Hall–Kier alpha value is -2.43. The lowest BCUT2D eigenvalue weighted by Crippen LogP contribution is -2.42. The maximum Gasteiger partial charge on any atom is 0.147 e. The molecule has 0 saturated heterocycles. The Labute approximate surface area is 140 Å². The topological polar surface area (TPSA) is 96.0 Å². The van der Waals surface area contributed by atoms with Gasteiger partial charge in [-0.3, -0.25) is 0 Å². The smallest absolute Gasteiger partial charge is 0.147 e.